The van der Waals surface area contributed by atoms with E-state index in [9.17, 15) is 15.0 Å². The minimum Gasteiger partial charge on any atom is -0.504 e. The SMILES string of the molecule is Cc1ccc2c(c1)C1(COc3cc(O)c(O)cc31)C(=O)N2C(c1ccccc1)c1ccccc1. The number of fused-ring (bicyclic) bond motifs is 4. The Bertz CT molecular complexity index is 1380. The maximum atomic E-state index is 14.5. The molecule has 0 bridgehead atoms. The van der Waals surface area contributed by atoms with E-state index in [1.54, 1.807) is 0 Å². The van der Waals surface area contributed by atoms with Crippen LogP contribution in [0.2, 0.25) is 0 Å². The largest absolute Gasteiger partial charge is 0.504 e. The molecule has 1 unspecified atom stereocenters. The van der Waals surface area contributed by atoms with E-state index in [1.807, 2.05) is 90.7 Å². The highest BCUT2D eigenvalue weighted by Gasteiger charge is 2.58. The highest BCUT2D eigenvalue weighted by atomic mass is 16.5. The van der Waals surface area contributed by atoms with Crippen molar-refractivity contribution in [3.8, 4) is 17.2 Å². The van der Waals surface area contributed by atoms with Crippen molar-refractivity contribution in [3.63, 3.8) is 0 Å². The Balaban J connectivity index is 1.62. The lowest BCUT2D eigenvalue weighted by atomic mass is 9.76. The number of ether oxygens (including phenoxy) is 1. The van der Waals surface area contributed by atoms with Crippen molar-refractivity contribution >= 4 is 11.6 Å². The molecule has 5 nitrogen and oxygen atoms in total. The van der Waals surface area contributed by atoms with Gasteiger partial charge >= 0.3 is 0 Å². The molecule has 2 aliphatic rings. The zero-order valence-corrected chi connectivity index (χ0v) is 18.6. The second-order valence-corrected chi connectivity index (χ2v) is 8.95. The van der Waals surface area contributed by atoms with Gasteiger partial charge in [-0.25, -0.2) is 0 Å². The van der Waals surface area contributed by atoms with Gasteiger partial charge in [0.15, 0.2) is 11.5 Å². The third-order valence-corrected chi connectivity index (χ3v) is 6.92. The molecule has 5 heteroatoms. The molecule has 0 saturated carbocycles. The first-order valence-electron chi connectivity index (χ1n) is 11.2. The summed E-state index contributed by atoms with van der Waals surface area (Å²) in [5.74, 6) is -0.246. The molecule has 0 saturated heterocycles. The fourth-order valence-corrected chi connectivity index (χ4v) is 5.32. The Morgan fingerprint density at radius 1 is 0.824 bits per heavy atom. The van der Waals surface area contributed by atoms with Crippen molar-refractivity contribution in [1.29, 1.82) is 0 Å². The molecule has 1 amide bonds. The standard InChI is InChI=1S/C29H23NO4/c1-18-12-13-23-21(14-18)29(17-34-26-16-25(32)24(31)15-22(26)29)28(33)30(23)27(19-8-4-2-5-9-19)20-10-6-3-7-11-20/h2-16,27,31-32H,17H2,1H3. The first-order valence-corrected chi connectivity index (χ1v) is 11.2. The molecule has 0 aromatic heterocycles. The van der Waals surface area contributed by atoms with Crippen LogP contribution in [0.25, 0.3) is 0 Å². The van der Waals surface area contributed by atoms with Crippen molar-refractivity contribution < 1.29 is 19.7 Å². The van der Waals surface area contributed by atoms with Crippen LogP contribution in [0.3, 0.4) is 0 Å². The van der Waals surface area contributed by atoms with E-state index in [2.05, 4.69) is 0 Å². The number of phenols is 2. The second kappa shape index (κ2) is 7.39. The van der Waals surface area contributed by atoms with Crippen LogP contribution in [0.1, 0.15) is 33.9 Å². The van der Waals surface area contributed by atoms with E-state index in [4.69, 9.17) is 4.74 Å². The number of rotatable bonds is 3. The lowest BCUT2D eigenvalue weighted by Gasteiger charge is -2.31. The van der Waals surface area contributed by atoms with Crippen LogP contribution in [-0.2, 0) is 10.2 Å². The smallest absolute Gasteiger partial charge is 0.246 e. The number of aromatic hydroxyl groups is 2. The number of phenolic OH excluding ortho intramolecular Hbond substituents is 2. The van der Waals surface area contributed by atoms with Gasteiger partial charge in [-0.1, -0.05) is 78.4 Å². The quantitative estimate of drug-likeness (QED) is 0.421. The van der Waals surface area contributed by atoms with Crippen molar-refractivity contribution in [3.05, 3.63) is 119 Å². The minimum absolute atomic E-state index is 0.104. The normalized spacial score (nSPS) is 18.3. The maximum Gasteiger partial charge on any atom is 0.246 e. The minimum atomic E-state index is -1.11. The molecule has 2 heterocycles. The van der Waals surface area contributed by atoms with Crippen molar-refractivity contribution in [2.75, 3.05) is 11.5 Å². The van der Waals surface area contributed by atoms with Crippen LogP contribution in [0, 0.1) is 6.92 Å². The van der Waals surface area contributed by atoms with Crippen molar-refractivity contribution in [1.82, 2.24) is 0 Å². The average molecular weight is 450 g/mol. The van der Waals surface area contributed by atoms with Gasteiger partial charge in [0, 0.05) is 17.3 Å². The number of hydrogen-bond acceptors (Lipinski definition) is 4. The van der Waals surface area contributed by atoms with Gasteiger partial charge < -0.3 is 14.9 Å². The molecule has 0 aliphatic carbocycles. The fraction of sp³-hybridized carbons (Fsp3) is 0.138. The summed E-state index contributed by atoms with van der Waals surface area (Å²) < 4.78 is 5.96. The predicted molar refractivity (Wildman–Crippen MR) is 129 cm³/mol. The van der Waals surface area contributed by atoms with E-state index in [1.165, 1.54) is 12.1 Å². The van der Waals surface area contributed by atoms with Gasteiger partial charge in [0.25, 0.3) is 0 Å². The van der Waals surface area contributed by atoms with Gasteiger partial charge in [-0.3, -0.25) is 9.69 Å². The molecule has 1 spiro atoms. The van der Waals surface area contributed by atoms with Crippen molar-refractivity contribution in [2.45, 2.75) is 18.4 Å². The highest BCUT2D eigenvalue weighted by Crippen LogP contribution is 2.56. The van der Waals surface area contributed by atoms with Crippen LogP contribution in [0.4, 0.5) is 5.69 Å². The molecule has 4 aromatic rings. The molecule has 6 rings (SSSR count). The van der Waals surface area contributed by atoms with Gasteiger partial charge in [0.05, 0.1) is 6.04 Å². The molecule has 0 fully saturated rings. The summed E-state index contributed by atoms with van der Waals surface area (Å²) in [6.45, 7) is 2.10. The molecule has 2 N–H and O–H groups in total. The summed E-state index contributed by atoms with van der Waals surface area (Å²) >= 11 is 0. The number of anilines is 1. The summed E-state index contributed by atoms with van der Waals surface area (Å²) in [6.07, 6.45) is 0. The highest BCUT2D eigenvalue weighted by molar-refractivity contribution is 6.12. The van der Waals surface area contributed by atoms with Gasteiger partial charge in [0.2, 0.25) is 5.91 Å². The Kier molecular flexibility index (Phi) is 4.42. The molecule has 0 radical (unpaired) electrons. The van der Waals surface area contributed by atoms with Crippen LogP contribution in [0.5, 0.6) is 17.2 Å². The molecule has 2 aliphatic heterocycles. The second-order valence-electron chi connectivity index (χ2n) is 8.95. The monoisotopic (exact) mass is 449 g/mol. The van der Waals surface area contributed by atoms with E-state index in [0.29, 0.717) is 11.3 Å². The van der Waals surface area contributed by atoms with Crippen LogP contribution >= 0.6 is 0 Å². The van der Waals surface area contributed by atoms with Crippen molar-refractivity contribution in [2.24, 2.45) is 0 Å². The van der Waals surface area contributed by atoms with E-state index < -0.39 is 5.41 Å². The Morgan fingerprint density at radius 2 is 1.44 bits per heavy atom. The molecular weight excluding hydrogens is 426 g/mol. The zero-order chi connectivity index (χ0) is 23.4. The average Bonchev–Trinajstić information content (AvgIpc) is 3.33. The molecule has 1 atom stereocenters. The summed E-state index contributed by atoms with van der Waals surface area (Å²) in [7, 11) is 0. The zero-order valence-electron chi connectivity index (χ0n) is 18.6. The topological polar surface area (TPSA) is 70.0 Å². The number of hydrogen-bond donors (Lipinski definition) is 2. The number of carbonyl (C=O) groups excluding carboxylic acids is 1. The van der Waals surface area contributed by atoms with Gasteiger partial charge in [-0.2, -0.15) is 0 Å². The Hall–Kier alpha value is -4.25. The number of carbonyl (C=O) groups is 1. The lowest BCUT2D eigenvalue weighted by Crippen LogP contribution is -2.44. The Labute approximate surface area is 197 Å². The Morgan fingerprint density at radius 3 is 2.09 bits per heavy atom. The predicted octanol–water partition coefficient (Wildman–Crippen LogP) is 5.22. The number of amides is 1. The summed E-state index contributed by atoms with van der Waals surface area (Å²) in [4.78, 5) is 16.4. The number of aryl methyl sites for hydroxylation is 1. The van der Waals surface area contributed by atoms with Crippen LogP contribution in [-0.4, -0.2) is 22.7 Å². The number of nitrogens with zero attached hydrogens (tertiary/aromatic N) is 1. The molecule has 168 valence electrons. The first-order chi connectivity index (χ1) is 16.5. The van der Waals surface area contributed by atoms with Gasteiger partial charge in [-0.15, -0.1) is 0 Å². The van der Waals surface area contributed by atoms with Crippen LogP contribution < -0.4 is 9.64 Å². The maximum absolute atomic E-state index is 14.5. The third kappa shape index (κ3) is 2.76. The number of benzene rings is 4. The molecular formula is C29H23NO4. The van der Waals surface area contributed by atoms with Crippen LogP contribution in [0.15, 0.2) is 91.0 Å². The van der Waals surface area contributed by atoms with Gasteiger partial charge in [0.1, 0.15) is 17.8 Å². The molecule has 34 heavy (non-hydrogen) atoms. The third-order valence-electron chi connectivity index (χ3n) is 6.92. The summed E-state index contributed by atoms with van der Waals surface area (Å²) in [5, 5.41) is 20.3. The fourth-order valence-electron chi connectivity index (χ4n) is 5.32. The summed E-state index contributed by atoms with van der Waals surface area (Å²) in [5.41, 5.74) is 4.15. The van der Waals surface area contributed by atoms with E-state index in [-0.39, 0.29) is 30.1 Å². The first kappa shape index (κ1) is 20.4. The molecule has 4 aromatic carbocycles. The van der Waals surface area contributed by atoms with E-state index in [0.717, 1.165) is 27.9 Å². The van der Waals surface area contributed by atoms with E-state index >= 15 is 0 Å². The lowest BCUT2D eigenvalue weighted by molar-refractivity contribution is -0.122. The van der Waals surface area contributed by atoms with Gasteiger partial charge in [-0.05, 0) is 35.7 Å². The summed E-state index contributed by atoms with van der Waals surface area (Å²) in [6, 6.07) is 28.5.